The number of rotatable bonds is 5. The maximum atomic E-state index is 11.9. The Morgan fingerprint density at radius 3 is 2.56 bits per heavy atom. The fourth-order valence-electron chi connectivity index (χ4n) is 4.40. The van der Waals surface area contributed by atoms with Crippen molar-refractivity contribution in [1.82, 2.24) is 5.01 Å². The molecule has 0 radical (unpaired) electrons. The fourth-order valence-corrected chi connectivity index (χ4v) is 4.40. The van der Waals surface area contributed by atoms with Gasteiger partial charge in [-0.1, -0.05) is 24.3 Å². The summed E-state index contributed by atoms with van der Waals surface area (Å²) < 4.78 is 22.2. The lowest BCUT2D eigenvalue weighted by Gasteiger charge is -2.38. The second-order valence-corrected chi connectivity index (χ2v) is 7.99. The monoisotopic (exact) mass is 460 g/mol. The Bertz CT molecular complexity index is 1270. The molecule has 0 aliphatic carbocycles. The molecule has 1 N–H and O–H groups in total. The maximum Gasteiger partial charge on any atom is 0.337 e. The van der Waals surface area contributed by atoms with Crippen LogP contribution in [-0.4, -0.2) is 43.1 Å². The number of aromatic hydroxyl groups is 1. The van der Waals surface area contributed by atoms with Gasteiger partial charge < -0.3 is 24.1 Å². The molecule has 0 amide bonds. The number of phenols is 1. The first-order valence-corrected chi connectivity index (χ1v) is 10.8. The summed E-state index contributed by atoms with van der Waals surface area (Å²) in [5.41, 5.74) is 3.54. The summed E-state index contributed by atoms with van der Waals surface area (Å²) in [4.78, 5) is 11.9. The van der Waals surface area contributed by atoms with Gasteiger partial charge >= 0.3 is 5.97 Å². The zero-order valence-electron chi connectivity index (χ0n) is 19.0. The average Bonchev–Trinajstić information content (AvgIpc) is 3.33. The molecule has 2 aliphatic heterocycles. The normalized spacial score (nSPS) is 18.3. The number of esters is 1. The highest BCUT2D eigenvalue weighted by Gasteiger charge is 2.42. The number of hydrogen-bond donors (Lipinski definition) is 1. The molecule has 0 saturated heterocycles. The number of nitrogens with zero attached hydrogens (tertiary/aromatic N) is 2. The highest BCUT2D eigenvalue weighted by Crippen LogP contribution is 2.51. The number of carbonyl (C=O) groups is 1. The van der Waals surface area contributed by atoms with Crippen LogP contribution in [0.15, 0.2) is 65.8 Å². The zero-order valence-corrected chi connectivity index (χ0v) is 19.0. The van der Waals surface area contributed by atoms with Gasteiger partial charge in [-0.2, -0.15) is 5.10 Å². The van der Waals surface area contributed by atoms with Crippen molar-refractivity contribution < 1.29 is 28.8 Å². The molecule has 3 aromatic rings. The molecule has 0 unspecified atom stereocenters. The van der Waals surface area contributed by atoms with Crippen LogP contribution in [-0.2, 0) is 4.74 Å². The van der Waals surface area contributed by atoms with Crippen molar-refractivity contribution in [2.24, 2.45) is 5.10 Å². The molecule has 0 spiro atoms. The van der Waals surface area contributed by atoms with E-state index in [0.717, 1.165) is 16.8 Å². The first-order chi connectivity index (χ1) is 16.5. The molecule has 0 fully saturated rings. The van der Waals surface area contributed by atoms with Gasteiger partial charge in [-0.15, -0.1) is 0 Å². The molecule has 5 rings (SSSR count). The third-order valence-electron chi connectivity index (χ3n) is 6.13. The molecule has 174 valence electrons. The molecule has 0 aromatic heterocycles. The average molecular weight is 460 g/mol. The van der Waals surface area contributed by atoms with E-state index in [0.29, 0.717) is 34.8 Å². The van der Waals surface area contributed by atoms with Crippen molar-refractivity contribution in [3.8, 4) is 23.0 Å². The Hall–Kier alpha value is -4.20. The minimum Gasteiger partial charge on any atom is -0.507 e. The molecule has 0 bridgehead atoms. The number of carbonyl (C=O) groups excluding carboxylic acids is 1. The predicted octanol–water partition coefficient (Wildman–Crippen LogP) is 4.44. The van der Waals surface area contributed by atoms with E-state index in [1.54, 1.807) is 44.6 Å². The largest absolute Gasteiger partial charge is 0.507 e. The number of fused-ring (bicyclic) bond motifs is 3. The molecule has 2 atom stereocenters. The Morgan fingerprint density at radius 1 is 1.06 bits per heavy atom. The van der Waals surface area contributed by atoms with Gasteiger partial charge in [0.25, 0.3) is 0 Å². The van der Waals surface area contributed by atoms with Gasteiger partial charge in [0.15, 0.2) is 11.5 Å². The number of phenolic OH excluding ortho intramolecular Hbond substituents is 1. The van der Waals surface area contributed by atoms with Crippen LogP contribution >= 0.6 is 0 Å². The Kier molecular flexibility index (Phi) is 5.49. The Balaban J connectivity index is 1.60. The molecule has 34 heavy (non-hydrogen) atoms. The van der Waals surface area contributed by atoms with E-state index in [4.69, 9.17) is 24.0 Å². The minimum absolute atomic E-state index is 0.130. The number of hydrazone groups is 1. The highest BCUT2D eigenvalue weighted by molar-refractivity contribution is 6.04. The smallest absolute Gasteiger partial charge is 0.337 e. The quantitative estimate of drug-likeness (QED) is 0.563. The van der Waals surface area contributed by atoms with Gasteiger partial charge in [0.1, 0.15) is 11.5 Å². The van der Waals surface area contributed by atoms with E-state index in [1.807, 2.05) is 35.3 Å². The second-order valence-electron chi connectivity index (χ2n) is 7.99. The van der Waals surface area contributed by atoms with E-state index in [9.17, 15) is 9.90 Å². The van der Waals surface area contributed by atoms with Crippen molar-refractivity contribution in [3.63, 3.8) is 0 Å². The standard InChI is InChI=1S/C26H24N2O6/c1-31-17-11-12-22(29)19(13-17)20-14-21-18-5-4-6-23(32-2)24(18)34-25(28(21)27-20)15-7-9-16(10-8-15)26(30)33-3/h4-13,21,25,29H,14H2,1-3H3/t21-,25+/m0/s1. The molecule has 2 aliphatic rings. The van der Waals surface area contributed by atoms with Crippen LogP contribution in [0.2, 0.25) is 0 Å². The summed E-state index contributed by atoms with van der Waals surface area (Å²) in [7, 11) is 4.54. The molecular weight excluding hydrogens is 436 g/mol. The Morgan fingerprint density at radius 2 is 1.85 bits per heavy atom. The van der Waals surface area contributed by atoms with Gasteiger partial charge in [-0.3, -0.25) is 0 Å². The Labute approximate surface area is 196 Å². The lowest BCUT2D eigenvalue weighted by molar-refractivity contribution is -0.0209. The van der Waals surface area contributed by atoms with Gasteiger partial charge in [0.05, 0.1) is 38.6 Å². The minimum atomic E-state index is -0.564. The molecule has 0 saturated carbocycles. The van der Waals surface area contributed by atoms with Crippen molar-refractivity contribution in [2.75, 3.05) is 21.3 Å². The molecule has 8 heteroatoms. The SMILES string of the molecule is COC(=O)c1ccc([C@H]2Oc3c(OC)cccc3[C@@H]3CC(c4cc(OC)ccc4O)=NN23)cc1. The summed E-state index contributed by atoms with van der Waals surface area (Å²) in [6.07, 6.45) is -0.00758. The topological polar surface area (TPSA) is 89.8 Å². The van der Waals surface area contributed by atoms with Crippen molar-refractivity contribution >= 4 is 11.7 Å². The molecule has 8 nitrogen and oxygen atoms in total. The van der Waals surface area contributed by atoms with E-state index in [2.05, 4.69) is 0 Å². The van der Waals surface area contributed by atoms with Gasteiger partial charge in [0, 0.05) is 23.1 Å². The van der Waals surface area contributed by atoms with Crippen molar-refractivity contribution in [2.45, 2.75) is 18.7 Å². The molecule has 3 aromatic carbocycles. The van der Waals surface area contributed by atoms with Crippen LogP contribution in [0.25, 0.3) is 0 Å². The van der Waals surface area contributed by atoms with E-state index in [1.165, 1.54) is 7.11 Å². The van der Waals surface area contributed by atoms with Crippen LogP contribution in [0.3, 0.4) is 0 Å². The first kappa shape index (κ1) is 21.6. The second kappa shape index (κ2) is 8.62. The van der Waals surface area contributed by atoms with E-state index < -0.39 is 12.2 Å². The molecular formula is C26H24N2O6. The van der Waals surface area contributed by atoms with Crippen LogP contribution in [0.5, 0.6) is 23.0 Å². The van der Waals surface area contributed by atoms with Crippen molar-refractivity contribution in [3.05, 3.63) is 82.9 Å². The van der Waals surface area contributed by atoms with Crippen LogP contribution in [0, 0.1) is 0 Å². The van der Waals surface area contributed by atoms with Gasteiger partial charge in [-0.05, 0) is 36.4 Å². The van der Waals surface area contributed by atoms with Gasteiger partial charge in [-0.25, -0.2) is 9.80 Å². The highest BCUT2D eigenvalue weighted by atomic mass is 16.5. The summed E-state index contributed by atoms with van der Waals surface area (Å²) in [5, 5.41) is 17.3. The van der Waals surface area contributed by atoms with Crippen LogP contribution in [0.4, 0.5) is 0 Å². The lowest BCUT2D eigenvalue weighted by Crippen LogP contribution is -2.33. The predicted molar refractivity (Wildman–Crippen MR) is 125 cm³/mol. The van der Waals surface area contributed by atoms with Crippen LogP contribution in [0.1, 0.15) is 45.7 Å². The number of ether oxygens (including phenoxy) is 4. The third kappa shape index (κ3) is 3.57. The summed E-state index contributed by atoms with van der Waals surface area (Å²) in [5.74, 6) is 1.64. The van der Waals surface area contributed by atoms with Crippen molar-refractivity contribution in [1.29, 1.82) is 0 Å². The summed E-state index contributed by atoms with van der Waals surface area (Å²) in [6, 6.07) is 17.8. The lowest BCUT2D eigenvalue weighted by atomic mass is 9.95. The van der Waals surface area contributed by atoms with Crippen LogP contribution < -0.4 is 14.2 Å². The summed E-state index contributed by atoms with van der Waals surface area (Å²) in [6.45, 7) is 0. The summed E-state index contributed by atoms with van der Waals surface area (Å²) >= 11 is 0. The first-order valence-electron chi connectivity index (χ1n) is 10.8. The number of hydrogen-bond acceptors (Lipinski definition) is 8. The van der Waals surface area contributed by atoms with E-state index in [-0.39, 0.29) is 11.8 Å². The number of para-hydroxylation sites is 1. The van der Waals surface area contributed by atoms with Gasteiger partial charge in [0.2, 0.25) is 6.23 Å². The number of benzene rings is 3. The zero-order chi connectivity index (χ0) is 23.8. The fraction of sp³-hybridized carbons (Fsp3) is 0.231. The third-order valence-corrected chi connectivity index (χ3v) is 6.13. The molecule has 2 heterocycles. The van der Waals surface area contributed by atoms with E-state index >= 15 is 0 Å². The maximum absolute atomic E-state index is 11.9. The number of methoxy groups -OCH3 is 3.